The molecule has 20 heteroatoms. The minimum Gasteiger partial charge on any atom is -0.482 e. The number of aliphatic hydroxyl groups excluding tert-OH is 1. The number of carbonyl (C=O) groups excluding carboxylic acids is 4. The Morgan fingerprint density at radius 3 is 2.34 bits per heavy atom. The molecule has 9 rings (SSSR count). The van der Waals surface area contributed by atoms with Crippen LogP contribution in [0.4, 0.5) is 5.82 Å². The Bertz CT molecular complexity index is 3060. The fourth-order valence-corrected chi connectivity index (χ4v) is 11.8. The van der Waals surface area contributed by atoms with E-state index in [1.807, 2.05) is 100 Å². The molecule has 73 heavy (non-hydrogen) atoms. The van der Waals surface area contributed by atoms with Gasteiger partial charge in [0.15, 0.2) is 12.4 Å². The zero-order valence-corrected chi connectivity index (χ0v) is 44.5. The summed E-state index contributed by atoms with van der Waals surface area (Å²) in [4.78, 5) is 75.2. The second kappa shape index (κ2) is 21.1. The van der Waals surface area contributed by atoms with Gasteiger partial charge in [-0.15, -0.1) is 32.9 Å². The molecule has 6 aromatic rings. The van der Waals surface area contributed by atoms with Gasteiger partial charge in [0.25, 0.3) is 5.91 Å². The van der Waals surface area contributed by atoms with Crippen molar-refractivity contribution >= 4 is 69.4 Å². The fourth-order valence-electron chi connectivity index (χ4n) is 9.69. The summed E-state index contributed by atoms with van der Waals surface area (Å²) in [5.41, 5.74) is 7.75. The number of anilines is 1. The van der Waals surface area contributed by atoms with Crippen LogP contribution >= 0.6 is 34.3 Å². The van der Waals surface area contributed by atoms with Crippen molar-refractivity contribution in [2.24, 2.45) is 10.4 Å². The molecule has 2 fully saturated rings. The van der Waals surface area contributed by atoms with Crippen LogP contribution in [0.3, 0.4) is 0 Å². The lowest BCUT2D eigenvalue weighted by molar-refractivity contribution is -0.144. The molecule has 0 saturated carbocycles. The molecular weight excluding hydrogens is 986 g/mol. The van der Waals surface area contributed by atoms with Gasteiger partial charge in [0.2, 0.25) is 17.7 Å². The number of aromatic nitrogens is 5. The normalized spacial score (nSPS) is 19.3. The highest BCUT2D eigenvalue weighted by molar-refractivity contribution is 7.15. The lowest BCUT2D eigenvalue weighted by Gasteiger charge is -2.35. The number of halogens is 1. The summed E-state index contributed by atoms with van der Waals surface area (Å²) < 4.78 is 7.88. The molecule has 0 aliphatic carbocycles. The van der Waals surface area contributed by atoms with Gasteiger partial charge in [-0.3, -0.25) is 28.7 Å². The van der Waals surface area contributed by atoms with Crippen LogP contribution in [0, 0.1) is 33.1 Å². The predicted octanol–water partition coefficient (Wildman–Crippen LogP) is 7.16. The van der Waals surface area contributed by atoms with E-state index >= 15 is 0 Å². The number of likely N-dealkylation sites (tertiary alicyclic amines) is 1. The highest BCUT2D eigenvalue weighted by atomic mass is 35.5. The Morgan fingerprint density at radius 1 is 0.918 bits per heavy atom. The molecule has 382 valence electrons. The number of hydrogen-bond donors (Lipinski definition) is 4. The quantitative estimate of drug-likeness (QED) is 0.0861. The molecule has 0 bridgehead atoms. The van der Waals surface area contributed by atoms with E-state index in [0.29, 0.717) is 41.9 Å². The monoisotopic (exact) mass is 1050 g/mol. The first kappa shape index (κ1) is 51.4. The van der Waals surface area contributed by atoms with Gasteiger partial charge in [0, 0.05) is 53.1 Å². The number of aliphatic hydroxyl groups is 1. The van der Waals surface area contributed by atoms with Crippen molar-refractivity contribution < 1.29 is 29.0 Å². The summed E-state index contributed by atoms with van der Waals surface area (Å²) in [7, 11) is 0. The number of β-amino-alcohol motifs (C(OH)–C–C–N with tert-alkyl or cyclic N) is 1. The van der Waals surface area contributed by atoms with Crippen molar-refractivity contribution in [1.29, 1.82) is 0 Å². The van der Waals surface area contributed by atoms with E-state index in [4.69, 9.17) is 21.3 Å². The van der Waals surface area contributed by atoms with Crippen LogP contribution in [0.1, 0.15) is 104 Å². The zero-order chi connectivity index (χ0) is 51.9. The molecular formula is C53H60ClN11O6S2. The van der Waals surface area contributed by atoms with Crippen molar-refractivity contribution in [3.63, 3.8) is 0 Å². The minimum absolute atomic E-state index is 0.0432. The third kappa shape index (κ3) is 11.0. The second-order valence-corrected chi connectivity index (χ2v) is 22.6. The van der Waals surface area contributed by atoms with Gasteiger partial charge in [-0.25, -0.2) is 9.97 Å². The average molecular weight is 1050 g/mol. The van der Waals surface area contributed by atoms with Crippen molar-refractivity contribution in [3.05, 3.63) is 122 Å². The summed E-state index contributed by atoms with van der Waals surface area (Å²) >= 11 is 9.51. The van der Waals surface area contributed by atoms with E-state index in [-0.39, 0.29) is 49.9 Å². The lowest BCUT2D eigenvalue weighted by Crippen LogP contribution is -2.58. The standard InChI is InChI=1S/C53H60ClN11O6S2/c1-28-31(4)73-52-45(28)46(34-13-15-36(54)16-14-34)59-40(49-62-61-32(5)65(49)52)22-43(67)58-37-19-20-63(24-37)42-18-17-39(23-55-42)71-26-44(68)60-48(53(6,7)8)51(70)64-25-38(66)21-41(64)50(69)57-29(2)33-9-11-35(12-10-33)47-30(3)56-27-72-47/h9-18,23,27,29,37-38,40-41,48,66H,19-22,24-26H2,1-8H3,(H,57,69)(H,58,67)(H,60,68)/t29-,37?,38+,40-,41-,48+/m0/s1. The third-order valence-electron chi connectivity index (χ3n) is 13.8. The molecule has 4 aromatic heterocycles. The Kier molecular flexibility index (Phi) is 14.9. The maximum atomic E-state index is 14.2. The van der Waals surface area contributed by atoms with Crippen molar-refractivity contribution in [2.45, 2.75) is 111 Å². The number of nitrogens with one attached hydrogen (secondary N) is 3. The van der Waals surface area contributed by atoms with Crippen molar-refractivity contribution in [2.75, 3.05) is 31.1 Å². The molecule has 0 radical (unpaired) electrons. The summed E-state index contributed by atoms with van der Waals surface area (Å²) in [6.07, 6.45) is 1.49. The van der Waals surface area contributed by atoms with Crippen LogP contribution in [-0.4, -0.2) is 115 Å². The Balaban J connectivity index is 0.780. The number of nitrogens with zero attached hydrogens (tertiary/aromatic N) is 8. The van der Waals surface area contributed by atoms with E-state index in [1.165, 1.54) is 16.0 Å². The van der Waals surface area contributed by atoms with Crippen LogP contribution < -0.4 is 25.6 Å². The lowest BCUT2D eigenvalue weighted by atomic mass is 9.85. The topological polar surface area (TPSA) is 209 Å². The van der Waals surface area contributed by atoms with Crippen LogP contribution in [0.2, 0.25) is 5.02 Å². The van der Waals surface area contributed by atoms with Gasteiger partial charge in [0.05, 0.1) is 46.6 Å². The first-order valence-corrected chi connectivity index (χ1v) is 26.5. The smallest absolute Gasteiger partial charge is 0.258 e. The average Bonchev–Trinajstić information content (AvgIpc) is 4.20. The molecule has 2 saturated heterocycles. The van der Waals surface area contributed by atoms with E-state index < -0.39 is 41.5 Å². The van der Waals surface area contributed by atoms with Gasteiger partial charge >= 0.3 is 0 Å². The molecule has 3 aliphatic heterocycles. The number of thiophene rings is 1. The number of pyridine rings is 1. The first-order chi connectivity index (χ1) is 34.8. The van der Waals surface area contributed by atoms with Crippen LogP contribution in [0.25, 0.3) is 15.4 Å². The number of aryl methyl sites for hydroxylation is 3. The maximum absolute atomic E-state index is 14.2. The number of ether oxygens (including phenoxy) is 1. The largest absolute Gasteiger partial charge is 0.482 e. The predicted molar refractivity (Wildman–Crippen MR) is 283 cm³/mol. The Morgan fingerprint density at radius 2 is 1.66 bits per heavy atom. The molecule has 4 N–H and O–H groups in total. The summed E-state index contributed by atoms with van der Waals surface area (Å²) in [6, 6.07) is 16.0. The number of thiazole rings is 1. The number of carbonyl (C=O) groups is 4. The van der Waals surface area contributed by atoms with Gasteiger partial charge in [-0.2, -0.15) is 0 Å². The molecule has 2 aromatic carbocycles. The highest BCUT2D eigenvalue weighted by Gasteiger charge is 2.45. The van der Waals surface area contributed by atoms with E-state index in [2.05, 4.69) is 54.9 Å². The van der Waals surface area contributed by atoms with E-state index in [1.54, 1.807) is 34.8 Å². The molecule has 7 heterocycles. The Labute approximate surface area is 437 Å². The van der Waals surface area contributed by atoms with Gasteiger partial charge < -0.3 is 35.6 Å². The summed E-state index contributed by atoms with van der Waals surface area (Å²) in [5, 5.41) is 30.4. The van der Waals surface area contributed by atoms with Crippen LogP contribution in [0.15, 0.2) is 77.4 Å². The number of fused-ring (bicyclic) bond motifs is 3. The molecule has 6 atom stereocenters. The second-order valence-electron chi connectivity index (χ2n) is 20.1. The molecule has 4 amide bonds. The molecule has 3 aliphatic rings. The van der Waals surface area contributed by atoms with Gasteiger partial charge in [-0.1, -0.05) is 68.8 Å². The fraction of sp³-hybridized carbons (Fsp3) is 0.415. The summed E-state index contributed by atoms with van der Waals surface area (Å²) in [6.45, 7) is 16.2. The first-order valence-electron chi connectivity index (χ1n) is 24.4. The Hall–Kier alpha value is -6.54. The van der Waals surface area contributed by atoms with Gasteiger partial charge in [0.1, 0.15) is 40.5 Å². The number of hydrogen-bond acceptors (Lipinski definition) is 14. The molecule has 0 spiro atoms. The molecule has 17 nitrogen and oxygen atoms in total. The minimum atomic E-state index is -1.02. The van der Waals surface area contributed by atoms with Crippen molar-refractivity contribution in [3.8, 4) is 21.2 Å². The number of amides is 4. The number of aliphatic imine (C=N–C) groups is 1. The van der Waals surface area contributed by atoms with Crippen molar-refractivity contribution in [1.82, 2.24) is 45.6 Å². The third-order valence-corrected chi connectivity index (χ3v) is 16.2. The van der Waals surface area contributed by atoms with E-state index in [0.717, 1.165) is 54.9 Å². The van der Waals surface area contributed by atoms with Crippen LogP contribution in [0.5, 0.6) is 5.75 Å². The van der Waals surface area contributed by atoms with E-state index in [9.17, 15) is 24.3 Å². The highest BCUT2D eigenvalue weighted by Crippen LogP contribution is 2.40. The van der Waals surface area contributed by atoms with Gasteiger partial charge in [-0.05, 0) is 87.4 Å². The maximum Gasteiger partial charge on any atom is 0.258 e. The number of rotatable bonds is 14. The molecule has 1 unspecified atom stereocenters. The number of benzene rings is 2. The zero-order valence-electron chi connectivity index (χ0n) is 42.1. The van der Waals surface area contributed by atoms with Crippen LogP contribution in [-0.2, 0) is 19.2 Å². The SMILES string of the molecule is Cc1ncsc1-c1ccc([C@H](C)NC(=O)[C@@H]2C[C@@H](O)CN2C(=O)[C@@H](NC(=O)COc2ccc(N3CCC(NC(=O)C[C@@H]4N=C(c5ccc(Cl)cc5)c5c(sc(C)c5C)-n5c(C)nnc54)C3)nc2)C(C)(C)C)cc1. The summed E-state index contributed by atoms with van der Waals surface area (Å²) in [5.74, 6) is 0.839.